The van der Waals surface area contributed by atoms with Crippen LogP contribution in [0.5, 0.6) is 0 Å². The smallest absolute Gasteiger partial charge is 0.321 e. The average molecular weight is 419 g/mol. The van der Waals surface area contributed by atoms with Crippen LogP contribution in [0.4, 0.5) is 0 Å². The normalized spacial score (nSPS) is 11.5. The highest BCUT2D eigenvalue weighted by Gasteiger charge is 2.16. The first-order chi connectivity index (χ1) is 13.3. The number of halogens is 1. The number of aromatic nitrogens is 1. The average Bonchev–Trinajstić information content (AvgIpc) is 2.69. The van der Waals surface area contributed by atoms with Gasteiger partial charge in [-0.25, -0.2) is 13.4 Å². The van der Waals surface area contributed by atoms with Crippen molar-refractivity contribution < 1.29 is 17.9 Å². The summed E-state index contributed by atoms with van der Waals surface area (Å²) in [4.78, 5) is 16.4. The fraction of sp³-hybridized carbons (Fsp3) is 0.200. The maximum Gasteiger partial charge on any atom is 0.321 e. The van der Waals surface area contributed by atoms with Gasteiger partial charge in [0.2, 0.25) is 10.0 Å². The summed E-state index contributed by atoms with van der Waals surface area (Å²) < 4.78 is 31.6. The van der Waals surface area contributed by atoms with E-state index in [1.165, 1.54) is 12.1 Å². The maximum atomic E-state index is 12.1. The van der Waals surface area contributed by atoms with Crippen molar-refractivity contribution in [3.05, 3.63) is 70.4 Å². The molecule has 2 aromatic carbocycles. The van der Waals surface area contributed by atoms with Crippen molar-refractivity contribution in [3.8, 4) is 0 Å². The minimum atomic E-state index is -3.77. The highest BCUT2D eigenvalue weighted by molar-refractivity contribution is 7.89. The molecular formula is C20H19ClN2O4S. The standard InChI is InChI=1S/C20H19ClN2O4S/c1-13-8-9-15-10-16(20(21)23-19(15)14(13)2)12-27-18(24)11-22-28(25,26)17-6-4-3-5-7-17/h3-10,22H,11-12H2,1-2H3. The van der Waals surface area contributed by atoms with Crippen LogP contribution in [0.25, 0.3) is 10.9 Å². The van der Waals surface area contributed by atoms with Gasteiger partial charge in [-0.3, -0.25) is 4.79 Å². The zero-order chi connectivity index (χ0) is 20.3. The molecule has 0 saturated carbocycles. The monoisotopic (exact) mass is 418 g/mol. The van der Waals surface area contributed by atoms with Crippen LogP contribution in [0.15, 0.2) is 53.4 Å². The van der Waals surface area contributed by atoms with E-state index in [1.54, 1.807) is 18.2 Å². The number of ether oxygens (including phenoxy) is 1. The molecule has 3 aromatic rings. The number of nitrogens with zero attached hydrogens (tertiary/aromatic N) is 1. The van der Waals surface area contributed by atoms with Gasteiger partial charge in [-0.2, -0.15) is 4.72 Å². The summed E-state index contributed by atoms with van der Waals surface area (Å²) in [6, 6.07) is 13.5. The van der Waals surface area contributed by atoms with Crippen LogP contribution in [0.3, 0.4) is 0 Å². The molecule has 0 aliphatic heterocycles. The molecule has 0 fully saturated rings. The van der Waals surface area contributed by atoms with Crippen LogP contribution in [-0.4, -0.2) is 25.9 Å². The number of rotatable bonds is 6. The third-order valence-corrected chi connectivity index (χ3v) is 6.13. The Morgan fingerprint density at radius 3 is 2.57 bits per heavy atom. The molecule has 0 bridgehead atoms. The Labute approximate surface area is 168 Å². The van der Waals surface area contributed by atoms with E-state index in [4.69, 9.17) is 16.3 Å². The summed E-state index contributed by atoms with van der Waals surface area (Å²) in [7, 11) is -3.77. The van der Waals surface area contributed by atoms with Gasteiger partial charge in [-0.05, 0) is 43.2 Å². The Hall–Kier alpha value is -2.48. The highest BCUT2D eigenvalue weighted by atomic mass is 35.5. The lowest BCUT2D eigenvalue weighted by Crippen LogP contribution is -2.30. The van der Waals surface area contributed by atoms with Crippen molar-refractivity contribution in [1.82, 2.24) is 9.71 Å². The number of fused-ring (bicyclic) bond motifs is 1. The van der Waals surface area contributed by atoms with Crippen molar-refractivity contribution in [2.24, 2.45) is 0 Å². The van der Waals surface area contributed by atoms with Crippen molar-refractivity contribution in [2.45, 2.75) is 25.3 Å². The first-order valence-electron chi connectivity index (χ1n) is 8.53. The quantitative estimate of drug-likeness (QED) is 0.489. The molecule has 0 radical (unpaired) electrons. The molecule has 0 aliphatic carbocycles. The Morgan fingerprint density at radius 1 is 1.14 bits per heavy atom. The molecule has 1 aromatic heterocycles. The van der Waals surface area contributed by atoms with E-state index in [9.17, 15) is 13.2 Å². The van der Waals surface area contributed by atoms with Gasteiger partial charge in [0.15, 0.2) is 0 Å². The van der Waals surface area contributed by atoms with Gasteiger partial charge in [-0.1, -0.05) is 41.9 Å². The molecule has 0 unspecified atom stereocenters. The van der Waals surface area contributed by atoms with E-state index in [-0.39, 0.29) is 16.7 Å². The van der Waals surface area contributed by atoms with E-state index >= 15 is 0 Å². The Kier molecular flexibility index (Phi) is 5.98. The van der Waals surface area contributed by atoms with Gasteiger partial charge in [0.1, 0.15) is 18.3 Å². The maximum absolute atomic E-state index is 12.1. The molecule has 8 heteroatoms. The van der Waals surface area contributed by atoms with Crippen molar-refractivity contribution in [1.29, 1.82) is 0 Å². The second-order valence-corrected chi connectivity index (χ2v) is 8.44. The summed E-state index contributed by atoms with van der Waals surface area (Å²) in [5, 5.41) is 1.14. The number of sulfonamides is 1. The van der Waals surface area contributed by atoms with E-state index < -0.39 is 22.5 Å². The minimum Gasteiger partial charge on any atom is -0.460 e. The molecular weight excluding hydrogens is 400 g/mol. The number of aryl methyl sites for hydroxylation is 2. The SMILES string of the molecule is Cc1ccc2cc(COC(=O)CNS(=O)(=O)c3ccccc3)c(Cl)nc2c1C. The first-order valence-corrected chi connectivity index (χ1v) is 10.4. The second kappa shape index (κ2) is 8.26. The van der Waals surface area contributed by atoms with E-state index in [0.29, 0.717) is 5.56 Å². The predicted octanol–water partition coefficient (Wildman–Crippen LogP) is 3.53. The van der Waals surface area contributed by atoms with Crippen LogP contribution >= 0.6 is 11.6 Å². The molecule has 0 spiro atoms. The number of nitrogens with one attached hydrogen (secondary N) is 1. The topological polar surface area (TPSA) is 85.4 Å². The molecule has 1 heterocycles. The number of carbonyl (C=O) groups excluding carboxylic acids is 1. The Balaban J connectivity index is 1.65. The fourth-order valence-corrected chi connectivity index (χ4v) is 3.84. The summed E-state index contributed by atoms with van der Waals surface area (Å²) in [6.07, 6.45) is 0. The lowest BCUT2D eigenvalue weighted by molar-refractivity contribution is -0.143. The van der Waals surface area contributed by atoms with Crippen LogP contribution in [0, 0.1) is 13.8 Å². The molecule has 1 N–H and O–H groups in total. The summed E-state index contributed by atoms with van der Waals surface area (Å²) in [5.74, 6) is -0.712. The van der Waals surface area contributed by atoms with Gasteiger partial charge in [0.05, 0.1) is 10.4 Å². The molecule has 0 atom stereocenters. The van der Waals surface area contributed by atoms with Gasteiger partial charge < -0.3 is 4.74 Å². The zero-order valence-corrected chi connectivity index (χ0v) is 17.0. The molecule has 146 valence electrons. The fourth-order valence-electron chi connectivity index (χ4n) is 2.65. The predicted molar refractivity (Wildman–Crippen MR) is 108 cm³/mol. The second-order valence-electron chi connectivity index (χ2n) is 6.32. The molecule has 0 saturated heterocycles. The van der Waals surface area contributed by atoms with E-state index in [1.807, 2.05) is 32.0 Å². The third kappa shape index (κ3) is 4.49. The number of pyridine rings is 1. The van der Waals surface area contributed by atoms with Gasteiger partial charge in [0, 0.05) is 10.9 Å². The van der Waals surface area contributed by atoms with E-state index in [0.717, 1.165) is 22.0 Å². The van der Waals surface area contributed by atoms with Crippen molar-refractivity contribution in [3.63, 3.8) is 0 Å². The van der Waals surface area contributed by atoms with Crippen LogP contribution in [-0.2, 0) is 26.2 Å². The molecule has 3 rings (SSSR count). The zero-order valence-electron chi connectivity index (χ0n) is 15.4. The summed E-state index contributed by atoms with van der Waals surface area (Å²) in [5.41, 5.74) is 3.51. The number of hydrogen-bond acceptors (Lipinski definition) is 5. The first kappa shape index (κ1) is 20.3. The lowest BCUT2D eigenvalue weighted by Gasteiger charge is -2.11. The van der Waals surface area contributed by atoms with Crippen molar-refractivity contribution in [2.75, 3.05) is 6.54 Å². The highest BCUT2D eigenvalue weighted by Crippen LogP contribution is 2.25. The third-order valence-electron chi connectivity index (χ3n) is 4.39. The van der Waals surface area contributed by atoms with Gasteiger partial charge in [-0.15, -0.1) is 0 Å². The van der Waals surface area contributed by atoms with E-state index in [2.05, 4.69) is 9.71 Å². The molecule has 0 aliphatic rings. The minimum absolute atomic E-state index is 0.0789. The Bertz CT molecular complexity index is 1130. The lowest BCUT2D eigenvalue weighted by atomic mass is 10.0. The van der Waals surface area contributed by atoms with Crippen LogP contribution < -0.4 is 4.72 Å². The molecule has 0 amide bonds. The van der Waals surface area contributed by atoms with Gasteiger partial charge >= 0.3 is 5.97 Å². The Morgan fingerprint density at radius 2 is 1.86 bits per heavy atom. The van der Waals surface area contributed by atoms with Crippen LogP contribution in [0.1, 0.15) is 16.7 Å². The number of benzene rings is 2. The van der Waals surface area contributed by atoms with Crippen LogP contribution in [0.2, 0.25) is 5.15 Å². The number of esters is 1. The molecule has 6 nitrogen and oxygen atoms in total. The van der Waals surface area contributed by atoms with Gasteiger partial charge in [0.25, 0.3) is 0 Å². The summed E-state index contributed by atoms with van der Waals surface area (Å²) >= 11 is 6.23. The molecule has 28 heavy (non-hydrogen) atoms. The summed E-state index contributed by atoms with van der Waals surface area (Å²) in [6.45, 7) is 3.39. The largest absolute Gasteiger partial charge is 0.460 e. The number of carbonyl (C=O) groups is 1. The van der Waals surface area contributed by atoms with Crippen molar-refractivity contribution >= 4 is 38.5 Å². The number of hydrogen-bond donors (Lipinski definition) is 1.